The number of fused-ring (bicyclic) bond motifs is 4. The van der Waals surface area contributed by atoms with Gasteiger partial charge in [-0.15, -0.1) is 0 Å². The van der Waals surface area contributed by atoms with Gasteiger partial charge >= 0.3 is 0 Å². The molecular formula is C36H40N6O2. The number of nitrogens with one attached hydrogen (secondary N) is 3. The van der Waals surface area contributed by atoms with Gasteiger partial charge in [0, 0.05) is 50.7 Å². The van der Waals surface area contributed by atoms with Crippen molar-refractivity contribution in [2.75, 3.05) is 33.2 Å². The Bertz CT molecular complexity index is 1640. The third-order valence-corrected chi connectivity index (χ3v) is 8.90. The maximum absolute atomic E-state index is 14.1. The minimum absolute atomic E-state index is 0.0447. The van der Waals surface area contributed by atoms with E-state index in [4.69, 9.17) is 5.73 Å². The van der Waals surface area contributed by atoms with Crippen molar-refractivity contribution < 1.29 is 9.59 Å². The van der Waals surface area contributed by atoms with Crippen LogP contribution in [0, 0.1) is 0 Å². The SMILES string of the molecule is CN=C(N)NCCCC1NC(CNC(=O)c2ccc3ccccc3c2)CCN(CC2c3ccccc3-c3ccccc32)C1=O. The summed E-state index contributed by atoms with van der Waals surface area (Å²) in [7, 11) is 1.65. The molecule has 1 saturated heterocycles. The van der Waals surface area contributed by atoms with Crippen LogP contribution in [0.25, 0.3) is 21.9 Å². The van der Waals surface area contributed by atoms with E-state index in [9.17, 15) is 9.59 Å². The minimum atomic E-state index is -0.367. The van der Waals surface area contributed by atoms with Crippen molar-refractivity contribution in [2.45, 2.75) is 37.3 Å². The Balaban J connectivity index is 1.17. The fourth-order valence-electron chi connectivity index (χ4n) is 6.56. The number of guanidine groups is 1. The molecule has 8 nitrogen and oxygen atoms in total. The Morgan fingerprint density at radius 1 is 0.932 bits per heavy atom. The van der Waals surface area contributed by atoms with E-state index in [0.29, 0.717) is 44.1 Å². The summed E-state index contributed by atoms with van der Waals surface area (Å²) < 4.78 is 0. The molecule has 4 aromatic rings. The predicted octanol–water partition coefficient (Wildman–Crippen LogP) is 4.26. The van der Waals surface area contributed by atoms with Crippen LogP contribution in [0.3, 0.4) is 0 Å². The van der Waals surface area contributed by atoms with Crippen LogP contribution in [0.5, 0.6) is 0 Å². The van der Waals surface area contributed by atoms with Gasteiger partial charge < -0.3 is 26.6 Å². The molecule has 0 radical (unpaired) electrons. The predicted molar refractivity (Wildman–Crippen MR) is 177 cm³/mol. The Morgan fingerprint density at radius 2 is 1.61 bits per heavy atom. The van der Waals surface area contributed by atoms with Crippen LogP contribution in [0.15, 0.2) is 96.0 Å². The number of aliphatic imine (C=N–C) groups is 1. The number of carbonyl (C=O) groups excluding carboxylic acids is 2. The van der Waals surface area contributed by atoms with Gasteiger partial charge in [0.05, 0.1) is 6.04 Å². The Kier molecular flexibility index (Phi) is 8.89. The second-order valence-electron chi connectivity index (χ2n) is 11.7. The van der Waals surface area contributed by atoms with E-state index in [2.05, 4.69) is 69.5 Å². The fraction of sp³-hybridized carbons (Fsp3) is 0.306. The molecule has 4 aromatic carbocycles. The van der Waals surface area contributed by atoms with Gasteiger partial charge in [-0.2, -0.15) is 0 Å². The maximum Gasteiger partial charge on any atom is 0.251 e. The molecule has 2 amide bonds. The standard InChI is InChI=1S/C36H40N6O2/c1-38-36(37)39-19-8-15-33-35(44)42(23-32-30-13-6-4-11-28(30)29-12-5-7-14-31(29)32)20-18-27(41-33)22-40-34(43)26-17-16-24-9-2-3-10-25(24)21-26/h2-7,9-14,16-17,21,27,32-33,41H,8,15,18-20,22-23H2,1H3,(H,40,43)(H3,37,38,39). The van der Waals surface area contributed by atoms with Crippen molar-refractivity contribution in [2.24, 2.45) is 10.7 Å². The van der Waals surface area contributed by atoms with Gasteiger partial charge in [-0.3, -0.25) is 14.6 Å². The summed E-state index contributed by atoms with van der Waals surface area (Å²) in [5.74, 6) is 0.504. The van der Waals surface area contributed by atoms with E-state index in [-0.39, 0.29) is 29.8 Å². The van der Waals surface area contributed by atoms with Crippen molar-refractivity contribution in [3.05, 3.63) is 108 Å². The number of amides is 2. The highest BCUT2D eigenvalue weighted by Crippen LogP contribution is 2.45. The Labute approximate surface area is 258 Å². The third-order valence-electron chi connectivity index (χ3n) is 8.90. The molecule has 226 valence electrons. The molecule has 8 heteroatoms. The number of nitrogens with two attached hydrogens (primary N) is 1. The van der Waals surface area contributed by atoms with Gasteiger partial charge in [-0.1, -0.05) is 78.9 Å². The summed E-state index contributed by atoms with van der Waals surface area (Å²) in [5.41, 5.74) is 11.5. The molecule has 0 spiro atoms. The topological polar surface area (TPSA) is 112 Å². The van der Waals surface area contributed by atoms with Crippen molar-refractivity contribution >= 4 is 28.5 Å². The summed E-state index contributed by atoms with van der Waals surface area (Å²) in [6.45, 7) is 2.30. The van der Waals surface area contributed by atoms with E-state index in [1.807, 2.05) is 47.4 Å². The first-order valence-corrected chi connectivity index (χ1v) is 15.5. The van der Waals surface area contributed by atoms with Crippen LogP contribution < -0.4 is 21.7 Å². The molecule has 1 aliphatic heterocycles. The van der Waals surface area contributed by atoms with Crippen LogP contribution in [0.1, 0.15) is 46.7 Å². The van der Waals surface area contributed by atoms with Gasteiger partial charge in [0.15, 0.2) is 5.96 Å². The van der Waals surface area contributed by atoms with Gasteiger partial charge in [0.2, 0.25) is 5.91 Å². The van der Waals surface area contributed by atoms with Crippen LogP contribution in [0.4, 0.5) is 0 Å². The van der Waals surface area contributed by atoms with Gasteiger partial charge in [-0.25, -0.2) is 0 Å². The molecule has 0 aromatic heterocycles. The fourth-order valence-corrected chi connectivity index (χ4v) is 6.56. The molecule has 2 unspecified atom stereocenters. The normalized spacial score (nSPS) is 18.5. The van der Waals surface area contributed by atoms with Gasteiger partial charge in [0.1, 0.15) is 0 Å². The van der Waals surface area contributed by atoms with Crippen LogP contribution in [-0.2, 0) is 4.79 Å². The lowest BCUT2D eigenvalue weighted by atomic mass is 9.96. The molecule has 6 rings (SSSR count). The number of nitrogens with zero attached hydrogens (tertiary/aromatic N) is 2. The van der Waals surface area contributed by atoms with E-state index < -0.39 is 0 Å². The summed E-state index contributed by atoms with van der Waals surface area (Å²) in [5, 5.41) is 12.0. The molecule has 5 N–H and O–H groups in total. The molecule has 44 heavy (non-hydrogen) atoms. The lowest BCUT2D eigenvalue weighted by Gasteiger charge is -2.28. The molecule has 1 heterocycles. The average molecular weight is 589 g/mol. The zero-order chi connectivity index (χ0) is 30.5. The van der Waals surface area contributed by atoms with Crippen LogP contribution in [-0.4, -0.2) is 68.0 Å². The summed E-state index contributed by atoms with van der Waals surface area (Å²) in [4.78, 5) is 33.2. The molecular weight excluding hydrogens is 548 g/mol. The van der Waals surface area contributed by atoms with E-state index >= 15 is 0 Å². The Morgan fingerprint density at radius 3 is 2.34 bits per heavy atom. The first-order chi connectivity index (χ1) is 21.5. The summed E-state index contributed by atoms with van der Waals surface area (Å²) in [6.07, 6.45) is 2.13. The highest BCUT2D eigenvalue weighted by atomic mass is 16.2. The van der Waals surface area contributed by atoms with E-state index in [1.54, 1.807) is 7.05 Å². The highest BCUT2D eigenvalue weighted by Gasteiger charge is 2.35. The first-order valence-electron chi connectivity index (χ1n) is 15.5. The molecule has 2 atom stereocenters. The third kappa shape index (κ3) is 6.31. The average Bonchev–Trinajstić information content (AvgIpc) is 3.29. The zero-order valence-electron chi connectivity index (χ0n) is 25.1. The quantitative estimate of drug-likeness (QED) is 0.133. The van der Waals surface area contributed by atoms with Crippen LogP contribution >= 0.6 is 0 Å². The van der Waals surface area contributed by atoms with Crippen LogP contribution in [0.2, 0.25) is 0 Å². The van der Waals surface area contributed by atoms with Gasteiger partial charge in [-0.05, 0) is 64.4 Å². The van der Waals surface area contributed by atoms with Gasteiger partial charge in [0.25, 0.3) is 5.91 Å². The zero-order valence-corrected chi connectivity index (χ0v) is 25.1. The van der Waals surface area contributed by atoms with E-state index in [1.165, 1.54) is 22.3 Å². The first kappa shape index (κ1) is 29.4. The molecule has 2 aliphatic rings. The molecule has 0 saturated carbocycles. The Hall–Kier alpha value is -4.69. The second kappa shape index (κ2) is 13.3. The lowest BCUT2D eigenvalue weighted by Crippen LogP contribution is -2.49. The lowest BCUT2D eigenvalue weighted by molar-refractivity contribution is -0.133. The number of hydrogen-bond acceptors (Lipinski definition) is 4. The number of carbonyl (C=O) groups is 2. The largest absolute Gasteiger partial charge is 0.370 e. The summed E-state index contributed by atoms with van der Waals surface area (Å²) in [6, 6.07) is 30.4. The van der Waals surface area contributed by atoms with Crippen molar-refractivity contribution in [1.82, 2.24) is 20.9 Å². The molecule has 0 bridgehead atoms. The van der Waals surface area contributed by atoms with Crippen molar-refractivity contribution in [1.29, 1.82) is 0 Å². The van der Waals surface area contributed by atoms with Crippen molar-refractivity contribution in [3.8, 4) is 11.1 Å². The smallest absolute Gasteiger partial charge is 0.251 e. The molecule has 1 aliphatic carbocycles. The number of hydrogen-bond donors (Lipinski definition) is 4. The number of benzene rings is 4. The minimum Gasteiger partial charge on any atom is -0.370 e. The second-order valence-corrected chi connectivity index (χ2v) is 11.7. The monoisotopic (exact) mass is 588 g/mol. The maximum atomic E-state index is 14.1. The highest BCUT2D eigenvalue weighted by molar-refractivity contribution is 5.98. The summed E-state index contributed by atoms with van der Waals surface area (Å²) >= 11 is 0. The van der Waals surface area contributed by atoms with Crippen molar-refractivity contribution in [3.63, 3.8) is 0 Å². The van der Waals surface area contributed by atoms with E-state index in [0.717, 1.165) is 23.6 Å². The number of rotatable bonds is 9. The molecule has 1 fully saturated rings.